The Morgan fingerprint density at radius 3 is 2.84 bits per heavy atom. The van der Waals surface area contributed by atoms with Crippen molar-refractivity contribution in [2.45, 2.75) is 33.4 Å². The number of aromatic nitrogens is 2. The summed E-state index contributed by atoms with van der Waals surface area (Å²) >= 11 is 0. The van der Waals surface area contributed by atoms with Crippen LogP contribution in [0.3, 0.4) is 0 Å². The molecule has 1 unspecified atom stereocenters. The van der Waals surface area contributed by atoms with Crippen molar-refractivity contribution in [2.24, 2.45) is 5.92 Å². The third kappa shape index (κ3) is 4.65. The molecular formula is C13H23N3O3. The van der Waals surface area contributed by atoms with Crippen molar-refractivity contribution in [3.63, 3.8) is 0 Å². The van der Waals surface area contributed by atoms with E-state index in [0.29, 0.717) is 11.5 Å². The van der Waals surface area contributed by atoms with E-state index in [2.05, 4.69) is 24.3 Å². The van der Waals surface area contributed by atoms with Crippen LogP contribution in [0.15, 0.2) is 6.20 Å². The van der Waals surface area contributed by atoms with Crippen LogP contribution in [0, 0.1) is 12.8 Å². The number of methoxy groups -OCH3 is 1. The molecule has 0 aliphatic carbocycles. The summed E-state index contributed by atoms with van der Waals surface area (Å²) in [6, 6.07) is 0. The minimum Gasteiger partial charge on any atom is -0.389 e. The summed E-state index contributed by atoms with van der Waals surface area (Å²) in [7, 11) is 1.51. The molecule has 1 aromatic heterocycles. The van der Waals surface area contributed by atoms with Crippen molar-refractivity contribution in [1.82, 2.24) is 15.1 Å². The first-order valence-corrected chi connectivity index (χ1v) is 6.43. The first kappa shape index (κ1) is 15.7. The van der Waals surface area contributed by atoms with E-state index in [0.717, 1.165) is 12.2 Å². The van der Waals surface area contributed by atoms with Gasteiger partial charge >= 0.3 is 0 Å². The Bertz CT molecular complexity index is 415. The van der Waals surface area contributed by atoms with E-state index < -0.39 is 6.10 Å². The fourth-order valence-electron chi connectivity index (χ4n) is 1.76. The summed E-state index contributed by atoms with van der Waals surface area (Å²) in [5.41, 5.74) is 1.39. The van der Waals surface area contributed by atoms with E-state index in [1.165, 1.54) is 7.11 Å². The minimum absolute atomic E-state index is 0.168. The molecule has 0 saturated heterocycles. The van der Waals surface area contributed by atoms with Crippen molar-refractivity contribution in [3.8, 4) is 0 Å². The first-order chi connectivity index (χ1) is 8.95. The number of ether oxygens (including phenoxy) is 1. The van der Waals surface area contributed by atoms with E-state index in [-0.39, 0.29) is 19.1 Å². The third-order valence-electron chi connectivity index (χ3n) is 2.74. The Hall–Kier alpha value is -1.40. The topological polar surface area (TPSA) is 76.4 Å². The number of nitrogens with zero attached hydrogens (tertiary/aromatic N) is 2. The van der Waals surface area contributed by atoms with Crippen LogP contribution >= 0.6 is 0 Å². The number of carbonyl (C=O) groups excluding carboxylic acids is 1. The Morgan fingerprint density at radius 2 is 2.26 bits per heavy atom. The summed E-state index contributed by atoms with van der Waals surface area (Å²) in [5, 5.41) is 16.4. The third-order valence-corrected chi connectivity index (χ3v) is 2.74. The molecule has 2 N–H and O–H groups in total. The van der Waals surface area contributed by atoms with E-state index in [1.54, 1.807) is 6.20 Å². The molecule has 1 heterocycles. The molecule has 1 aromatic rings. The molecule has 6 nitrogen and oxygen atoms in total. The predicted molar refractivity (Wildman–Crippen MR) is 72.0 cm³/mol. The largest absolute Gasteiger partial charge is 0.389 e. The SMILES string of the molecule is COCC(O)CNC(=O)c1cnn(CC(C)C)c1C. The maximum Gasteiger partial charge on any atom is 0.254 e. The van der Waals surface area contributed by atoms with Gasteiger partial charge in [0.1, 0.15) is 0 Å². The van der Waals surface area contributed by atoms with Crippen LogP contribution in [0.2, 0.25) is 0 Å². The summed E-state index contributed by atoms with van der Waals surface area (Å²) in [4.78, 5) is 12.0. The van der Waals surface area contributed by atoms with Gasteiger partial charge in [0.25, 0.3) is 5.91 Å². The predicted octanol–water partition coefficient (Wildman–Crippen LogP) is 0.585. The lowest BCUT2D eigenvalue weighted by Crippen LogP contribution is -2.34. The number of carbonyl (C=O) groups is 1. The van der Waals surface area contributed by atoms with Crippen LogP contribution < -0.4 is 5.32 Å². The molecule has 19 heavy (non-hydrogen) atoms. The Morgan fingerprint density at radius 1 is 1.58 bits per heavy atom. The van der Waals surface area contributed by atoms with Crippen molar-refractivity contribution >= 4 is 5.91 Å². The van der Waals surface area contributed by atoms with E-state index in [4.69, 9.17) is 4.74 Å². The number of rotatable bonds is 7. The lowest BCUT2D eigenvalue weighted by molar-refractivity contribution is 0.0609. The Kier molecular flexibility index (Phi) is 5.98. The second-order valence-corrected chi connectivity index (χ2v) is 5.04. The lowest BCUT2D eigenvalue weighted by atomic mass is 10.2. The van der Waals surface area contributed by atoms with Crippen LogP contribution in [0.25, 0.3) is 0 Å². The smallest absolute Gasteiger partial charge is 0.254 e. The minimum atomic E-state index is -0.694. The summed E-state index contributed by atoms with van der Waals surface area (Å²) in [5.74, 6) is 0.251. The zero-order valence-electron chi connectivity index (χ0n) is 12.0. The van der Waals surface area contributed by atoms with Gasteiger partial charge in [0.15, 0.2) is 0 Å². The highest BCUT2D eigenvalue weighted by atomic mass is 16.5. The van der Waals surface area contributed by atoms with Crippen molar-refractivity contribution < 1.29 is 14.6 Å². The van der Waals surface area contributed by atoms with Crippen LogP contribution in [-0.2, 0) is 11.3 Å². The van der Waals surface area contributed by atoms with Gasteiger partial charge in [-0.1, -0.05) is 13.8 Å². The fourth-order valence-corrected chi connectivity index (χ4v) is 1.76. The molecule has 0 aromatic carbocycles. The number of nitrogens with one attached hydrogen (secondary N) is 1. The van der Waals surface area contributed by atoms with Gasteiger partial charge in [-0.05, 0) is 12.8 Å². The Labute approximate surface area is 113 Å². The van der Waals surface area contributed by atoms with Gasteiger partial charge in [0.05, 0.1) is 24.5 Å². The zero-order chi connectivity index (χ0) is 14.4. The number of aliphatic hydroxyl groups excluding tert-OH is 1. The Balaban J connectivity index is 2.60. The van der Waals surface area contributed by atoms with Gasteiger partial charge in [-0.25, -0.2) is 0 Å². The van der Waals surface area contributed by atoms with Crippen LogP contribution in [-0.4, -0.2) is 47.2 Å². The average molecular weight is 269 g/mol. The molecule has 1 atom stereocenters. The molecule has 0 spiro atoms. The number of hydrogen-bond acceptors (Lipinski definition) is 4. The number of amides is 1. The molecule has 108 valence electrons. The molecule has 0 aliphatic heterocycles. The molecule has 0 saturated carbocycles. The lowest BCUT2D eigenvalue weighted by Gasteiger charge is -2.11. The van der Waals surface area contributed by atoms with E-state index in [1.807, 2.05) is 11.6 Å². The van der Waals surface area contributed by atoms with Gasteiger partial charge in [-0.15, -0.1) is 0 Å². The number of aliphatic hydroxyl groups is 1. The molecule has 6 heteroatoms. The fraction of sp³-hybridized carbons (Fsp3) is 0.692. The second kappa shape index (κ2) is 7.25. The van der Waals surface area contributed by atoms with Gasteiger partial charge in [0, 0.05) is 25.9 Å². The highest BCUT2D eigenvalue weighted by Crippen LogP contribution is 2.09. The molecule has 1 amide bonds. The quantitative estimate of drug-likeness (QED) is 0.759. The summed E-state index contributed by atoms with van der Waals surface area (Å²) in [6.07, 6.45) is 0.871. The van der Waals surface area contributed by atoms with Crippen molar-refractivity contribution in [1.29, 1.82) is 0 Å². The zero-order valence-corrected chi connectivity index (χ0v) is 12.0. The van der Waals surface area contributed by atoms with Crippen molar-refractivity contribution in [2.75, 3.05) is 20.3 Å². The normalized spacial score (nSPS) is 12.7. The van der Waals surface area contributed by atoms with E-state index >= 15 is 0 Å². The van der Waals surface area contributed by atoms with Crippen LogP contribution in [0.1, 0.15) is 29.9 Å². The molecular weight excluding hydrogens is 246 g/mol. The highest BCUT2D eigenvalue weighted by Gasteiger charge is 2.15. The first-order valence-electron chi connectivity index (χ1n) is 6.43. The summed E-state index contributed by atoms with van der Waals surface area (Å²) < 4.78 is 6.62. The number of hydrogen-bond donors (Lipinski definition) is 2. The van der Waals surface area contributed by atoms with Gasteiger partial charge in [-0.2, -0.15) is 5.10 Å². The molecule has 0 aliphatic rings. The van der Waals surface area contributed by atoms with Gasteiger partial charge in [-0.3, -0.25) is 9.48 Å². The van der Waals surface area contributed by atoms with Crippen LogP contribution in [0.4, 0.5) is 0 Å². The van der Waals surface area contributed by atoms with Crippen molar-refractivity contribution in [3.05, 3.63) is 17.5 Å². The van der Waals surface area contributed by atoms with Crippen LogP contribution in [0.5, 0.6) is 0 Å². The molecule has 0 fully saturated rings. The standard InChI is InChI=1S/C13H23N3O3/c1-9(2)7-16-10(3)12(6-15-16)13(18)14-5-11(17)8-19-4/h6,9,11,17H,5,7-8H2,1-4H3,(H,14,18). The van der Waals surface area contributed by atoms with Gasteiger partial charge < -0.3 is 15.2 Å². The van der Waals surface area contributed by atoms with Gasteiger partial charge in [0.2, 0.25) is 0 Å². The average Bonchev–Trinajstić information content (AvgIpc) is 2.68. The second-order valence-electron chi connectivity index (χ2n) is 5.04. The molecule has 0 bridgehead atoms. The highest BCUT2D eigenvalue weighted by molar-refractivity contribution is 5.95. The maximum absolute atomic E-state index is 12.0. The maximum atomic E-state index is 12.0. The summed E-state index contributed by atoms with van der Waals surface area (Å²) in [6.45, 7) is 7.22. The van der Waals surface area contributed by atoms with E-state index in [9.17, 15) is 9.90 Å². The molecule has 1 rings (SSSR count). The monoisotopic (exact) mass is 269 g/mol. The molecule has 0 radical (unpaired) electrons.